The van der Waals surface area contributed by atoms with Gasteiger partial charge in [0.2, 0.25) is 0 Å². The maximum Gasteiger partial charge on any atom is 0.341 e. The molecule has 1 amide bonds. The molecule has 0 saturated carbocycles. The zero-order chi connectivity index (χ0) is 27.7. The fourth-order valence-electron chi connectivity index (χ4n) is 3.42. The number of thiophene rings is 1. The second-order valence-corrected chi connectivity index (χ2v) is 9.97. The van der Waals surface area contributed by atoms with Gasteiger partial charge >= 0.3 is 5.97 Å². The number of anilines is 1. The Morgan fingerprint density at radius 2 is 1.87 bits per heavy atom. The van der Waals surface area contributed by atoms with E-state index in [9.17, 15) is 14.9 Å². The van der Waals surface area contributed by atoms with Crippen molar-refractivity contribution in [2.45, 2.75) is 40.2 Å². The maximum absolute atomic E-state index is 13.0. The maximum atomic E-state index is 13.0. The van der Waals surface area contributed by atoms with Gasteiger partial charge in [-0.2, -0.15) is 5.26 Å². The fraction of sp³-hybridized carbons (Fsp3) is 0.276. The fourth-order valence-corrected chi connectivity index (χ4v) is 4.68. The number of ether oxygens (including phenoxy) is 3. The molecule has 3 rings (SSSR count). The molecule has 0 fully saturated rings. The van der Waals surface area contributed by atoms with Crippen molar-refractivity contribution in [2.24, 2.45) is 0 Å². The molecular formula is C29H29ClN2O5S. The molecule has 1 aromatic heterocycles. The molecule has 38 heavy (non-hydrogen) atoms. The van der Waals surface area contributed by atoms with Crippen LogP contribution in [0.2, 0.25) is 5.02 Å². The van der Waals surface area contributed by atoms with Crippen LogP contribution in [0.15, 0.2) is 54.1 Å². The van der Waals surface area contributed by atoms with Gasteiger partial charge in [-0.3, -0.25) is 4.79 Å². The summed E-state index contributed by atoms with van der Waals surface area (Å²) in [5, 5.41) is 13.4. The van der Waals surface area contributed by atoms with Crippen molar-refractivity contribution in [1.82, 2.24) is 0 Å². The number of halogens is 1. The summed E-state index contributed by atoms with van der Waals surface area (Å²) in [6, 6.07) is 16.2. The molecule has 0 saturated heterocycles. The third kappa shape index (κ3) is 7.60. The molecule has 1 N–H and O–H groups in total. The van der Waals surface area contributed by atoms with Gasteiger partial charge in [-0.15, -0.1) is 11.3 Å². The molecule has 3 aromatic rings. The van der Waals surface area contributed by atoms with Gasteiger partial charge in [0.1, 0.15) is 23.3 Å². The number of carbonyl (C=O) groups excluding carboxylic acids is 2. The van der Waals surface area contributed by atoms with Crippen molar-refractivity contribution in [3.05, 3.63) is 80.7 Å². The van der Waals surface area contributed by atoms with Crippen LogP contribution >= 0.6 is 22.9 Å². The Morgan fingerprint density at radius 3 is 2.53 bits per heavy atom. The Kier molecular flexibility index (Phi) is 10.3. The first-order valence-corrected chi connectivity index (χ1v) is 13.3. The lowest BCUT2D eigenvalue weighted by molar-refractivity contribution is -0.112. The van der Waals surface area contributed by atoms with Crippen molar-refractivity contribution in [3.8, 4) is 17.6 Å². The smallest absolute Gasteiger partial charge is 0.341 e. The lowest BCUT2D eigenvalue weighted by Gasteiger charge is -2.13. The van der Waals surface area contributed by atoms with Gasteiger partial charge in [-0.1, -0.05) is 43.6 Å². The Labute approximate surface area is 231 Å². The Bertz CT molecular complexity index is 1370. The van der Waals surface area contributed by atoms with E-state index in [-0.39, 0.29) is 23.7 Å². The van der Waals surface area contributed by atoms with Crippen molar-refractivity contribution in [2.75, 3.05) is 18.5 Å². The first-order valence-electron chi connectivity index (χ1n) is 12.1. The van der Waals surface area contributed by atoms with Crippen LogP contribution in [-0.2, 0) is 16.1 Å². The number of rotatable bonds is 11. The van der Waals surface area contributed by atoms with E-state index in [1.54, 1.807) is 37.3 Å². The van der Waals surface area contributed by atoms with Crippen LogP contribution in [0.3, 0.4) is 0 Å². The SMILES string of the molecule is CCOC(=O)c1cc(C(C)C)sc1NC(=O)C(C#N)=Cc1ccc(OCc2cccc(Cl)c2)c(OCC)c1. The number of hydrogen-bond donors (Lipinski definition) is 1. The molecule has 0 radical (unpaired) electrons. The second kappa shape index (κ2) is 13.7. The van der Waals surface area contributed by atoms with E-state index < -0.39 is 11.9 Å². The highest BCUT2D eigenvalue weighted by Crippen LogP contribution is 2.34. The predicted octanol–water partition coefficient (Wildman–Crippen LogP) is 7.22. The van der Waals surface area contributed by atoms with Crippen LogP contribution in [0.5, 0.6) is 11.5 Å². The third-order valence-electron chi connectivity index (χ3n) is 5.27. The first kappa shape index (κ1) is 28.8. The lowest BCUT2D eigenvalue weighted by Crippen LogP contribution is -2.15. The molecule has 198 valence electrons. The van der Waals surface area contributed by atoms with Crippen LogP contribution < -0.4 is 14.8 Å². The minimum absolute atomic E-state index is 0.130. The zero-order valence-corrected chi connectivity index (χ0v) is 23.2. The van der Waals surface area contributed by atoms with Crippen LogP contribution in [0.4, 0.5) is 5.00 Å². The monoisotopic (exact) mass is 552 g/mol. The van der Waals surface area contributed by atoms with Gasteiger partial charge in [0.25, 0.3) is 5.91 Å². The minimum Gasteiger partial charge on any atom is -0.490 e. The van der Waals surface area contributed by atoms with E-state index in [1.807, 2.05) is 45.0 Å². The normalized spacial score (nSPS) is 11.1. The van der Waals surface area contributed by atoms with Gasteiger partial charge in [0.05, 0.1) is 18.8 Å². The quantitative estimate of drug-likeness (QED) is 0.153. The Morgan fingerprint density at radius 1 is 1.08 bits per heavy atom. The highest BCUT2D eigenvalue weighted by Gasteiger charge is 2.21. The largest absolute Gasteiger partial charge is 0.490 e. The summed E-state index contributed by atoms with van der Waals surface area (Å²) in [5.74, 6) is -0.00442. The summed E-state index contributed by atoms with van der Waals surface area (Å²) in [5.41, 5.74) is 1.62. The Hall–Kier alpha value is -3.80. The summed E-state index contributed by atoms with van der Waals surface area (Å²) >= 11 is 7.34. The highest BCUT2D eigenvalue weighted by atomic mass is 35.5. The predicted molar refractivity (Wildman–Crippen MR) is 150 cm³/mol. The van der Waals surface area contributed by atoms with E-state index in [1.165, 1.54) is 17.4 Å². The molecule has 0 bridgehead atoms. The summed E-state index contributed by atoms with van der Waals surface area (Å²) in [7, 11) is 0. The molecule has 2 aromatic carbocycles. The summed E-state index contributed by atoms with van der Waals surface area (Å²) in [6.07, 6.45) is 1.46. The van der Waals surface area contributed by atoms with Gasteiger partial charge in [0, 0.05) is 9.90 Å². The van der Waals surface area contributed by atoms with E-state index in [4.69, 9.17) is 25.8 Å². The third-order valence-corrected chi connectivity index (χ3v) is 6.86. The highest BCUT2D eigenvalue weighted by molar-refractivity contribution is 7.16. The number of esters is 1. The van der Waals surface area contributed by atoms with Crippen molar-refractivity contribution < 1.29 is 23.8 Å². The number of benzene rings is 2. The molecule has 0 aliphatic heterocycles. The van der Waals surface area contributed by atoms with Gasteiger partial charge in [0.15, 0.2) is 11.5 Å². The molecule has 0 atom stereocenters. The van der Waals surface area contributed by atoms with Gasteiger partial charge in [-0.05, 0) is 67.3 Å². The number of carbonyl (C=O) groups is 2. The molecule has 0 aliphatic rings. The number of nitrogens with zero attached hydrogens (tertiary/aromatic N) is 1. The molecule has 7 nitrogen and oxygen atoms in total. The molecule has 0 unspecified atom stereocenters. The number of amides is 1. The van der Waals surface area contributed by atoms with E-state index in [0.29, 0.717) is 40.3 Å². The van der Waals surface area contributed by atoms with Crippen LogP contribution in [0, 0.1) is 11.3 Å². The first-order chi connectivity index (χ1) is 18.2. The summed E-state index contributed by atoms with van der Waals surface area (Å²) in [4.78, 5) is 26.4. The van der Waals surface area contributed by atoms with E-state index in [2.05, 4.69) is 5.32 Å². The zero-order valence-electron chi connectivity index (χ0n) is 21.7. The number of nitriles is 1. The van der Waals surface area contributed by atoms with E-state index >= 15 is 0 Å². The molecular weight excluding hydrogens is 524 g/mol. The average Bonchev–Trinajstić information content (AvgIpc) is 3.31. The molecule has 0 spiro atoms. The van der Waals surface area contributed by atoms with Crippen molar-refractivity contribution in [1.29, 1.82) is 5.26 Å². The van der Waals surface area contributed by atoms with Crippen molar-refractivity contribution in [3.63, 3.8) is 0 Å². The van der Waals surface area contributed by atoms with Crippen molar-refractivity contribution >= 4 is 45.9 Å². The van der Waals surface area contributed by atoms with Crippen LogP contribution in [0.25, 0.3) is 6.08 Å². The average molecular weight is 553 g/mol. The second-order valence-electron chi connectivity index (χ2n) is 8.45. The van der Waals surface area contributed by atoms with E-state index in [0.717, 1.165) is 10.4 Å². The molecule has 1 heterocycles. The number of hydrogen-bond acceptors (Lipinski definition) is 7. The molecule has 0 aliphatic carbocycles. The standard InChI is InChI=1S/C29H29ClN2O5S/c1-5-35-25-14-19(10-11-24(25)37-17-20-8-7-9-22(30)13-20)12-21(16-31)27(33)32-28-23(29(34)36-6-2)15-26(38-28)18(3)4/h7-15,18H,5-6,17H2,1-4H3,(H,32,33). The summed E-state index contributed by atoms with van der Waals surface area (Å²) < 4.78 is 16.8. The minimum atomic E-state index is -0.630. The topological polar surface area (TPSA) is 97.7 Å². The lowest BCUT2D eigenvalue weighted by atomic mass is 10.1. The number of nitrogens with one attached hydrogen (secondary N) is 1. The molecule has 9 heteroatoms. The van der Waals surface area contributed by atoms with Gasteiger partial charge in [-0.25, -0.2) is 4.79 Å². The van der Waals surface area contributed by atoms with Crippen LogP contribution in [0.1, 0.15) is 60.0 Å². The van der Waals surface area contributed by atoms with Crippen LogP contribution in [-0.4, -0.2) is 25.1 Å². The van der Waals surface area contributed by atoms with Gasteiger partial charge < -0.3 is 19.5 Å². The summed E-state index contributed by atoms with van der Waals surface area (Å²) in [6.45, 7) is 8.46. The Balaban J connectivity index is 1.83.